The van der Waals surface area contributed by atoms with Crippen LogP contribution in [-0.4, -0.2) is 63.4 Å². The van der Waals surface area contributed by atoms with Crippen molar-refractivity contribution in [2.75, 3.05) is 37.7 Å². The number of hydrogen-bond donors (Lipinski definition) is 0. The maximum Gasteiger partial charge on any atom is 0.341 e. The Bertz CT molecular complexity index is 1060. The van der Waals surface area contributed by atoms with Crippen molar-refractivity contribution in [1.29, 1.82) is 0 Å². The molecule has 0 bridgehead atoms. The first kappa shape index (κ1) is 20.3. The van der Waals surface area contributed by atoms with E-state index in [0.717, 1.165) is 65.9 Å². The molecule has 0 radical (unpaired) electrons. The number of ether oxygens (including phenoxy) is 1. The van der Waals surface area contributed by atoms with Crippen LogP contribution in [0.2, 0.25) is 0 Å². The maximum absolute atomic E-state index is 12.7. The van der Waals surface area contributed by atoms with Gasteiger partial charge in [0.2, 0.25) is 5.89 Å². The average molecular weight is 412 g/mol. The van der Waals surface area contributed by atoms with Crippen molar-refractivity contribution in [3.63, 3.8) is 0 Å². The molecule has 0 aromatic carbocycles. The topological polar surface area (TPSA) is 89.5 Å². The van der Waals surface area contributed by atoms with Gasteiger partial charge in [0.1, 0.15) is 11.3 Å². The van der Waals surface area contributed by atoms with Gasteiger partial charge in [0, 0.05) is 39.4 Å². The van der Waals surface area contributed by atoms with Crippen molar-refractivity contribution in [3.8, 4) is 0 Å². The zero-order valence-electron chi connectivity index (χ0n) is 18.2. The fourth-order valence-corrected chi connectivity index (χ4v) is 4.01. The van der Waals surface area contributed by atoms with Crippen molar-refractivity contribution >= 4 is 22.7 Å². The number of hydrogen-bond acceptors (Lipinski definition) is 8. The van der Waals surface area contributed by atoms with Crippen LogP contribution in [0.15, 0.2) is 10.6 Å². The summed E-state index contributed by atoms with van der Waals surface area (Å²) in [4.78, 5) is 26.2. The Morgan fingerprint density at radius 2 is 1.90 bits per heavy atom. The molecule has 0 aliphatic carbocycles. The molecule has 0 atom stereocenters. The number of esters is 1. The van der Waals surface area contributed by atoms with Crippen molar-refractivity contribution in [3.05, 3.63) is 34.8 Å². The highest BCUT2D eigenvalue weighted by molar-refractivity contribution is 6.05. The molecule has 9 heteroatoms. The van der Waals surface area contributed by atoms with Crippen LogP contribution in [0.1, 0.15) is 40.3 Å². The van der Waals surface area contributed by atoms with E-state index in [-0.39, 0.29) is 5.97 Å². The Labute approximate surface area is 175 Å². The lowest BCUT2D eigenvalue weighted by Gasteiger charge is -2.36. The molecule has 0 N–H and O–H groups in total. The van der Waals surface area contributed by atoms with Crippen molar-refractivity contribution < 1.29 is 13.9 Å². The summed E-state index contributed by atoms with van der Waals surface area (Å²) in [6.07, 6.45) is 1.61. The number of carbonyl (C=O) groups excluding carboxylic acids is 1. The first-order valence-corrected chi connectivity index (χ1v) is 10.3. The lowest BCUT2D eigenvalue weighted by atomic mass is 10.1. The minimum Gasteiger partial charge on any atom is -0.462 e. The summed E-state index contributed by atoms with van der Waals surface area (Å²) in [6.45, 7) is 11.9. The molecule has 3 aromatic rings. The number of aromatic nitrogens is 4. The Morgan fingerprint density at radius 1 is 1.17 bits per heavy atom. The molecule has 3 aromatic heterocycles. The van der Waals surface area contributed by atoms with E-state index in [1.807, 2.05) is 34.7 Å². The highest BCUT2D eigenvalue weighted by Gasteiger charge is 2.27. The van der Waals surface area contributed by atoms with Gasteiger partial charge in [0.15, 0.2) is 5.65 Å². The molecule has 1 fully saturated rings. The summed E-state index contributed by atoms with van der Waals surface area (Å²) in [6, 6.07) is 0. The number of pyridine rings is 1. The molecule has 0 amide bonds. The smallest absolute Gasteiger partial charge is 0.341 e. The molecule has 9 nitrogen and oxygen atoms in total. The Balaban J connectivity index is 1.61. The van der Waals surface area contributed by atoms with Gasteiger partial charge in [-0.05, 0) is 27.7 Å². The van der Waals surface area contributed by atoms with Crippen molar-refractivity contribution in [1.82, 2.24) is 24.6 Å². The number of rotatable bonds is 5. The molecule has 160 valence electrons. The Kier molecular flexibility index (Phi) is 5.46. The molecule has 1 aliphatic rings. The van der Waals surface area contributed by atoms with Gasteiger partial charge >= 0.3 is 5.97 Å². The van der Waals surface area contributed by atoms with Gasteiger partial charge in [-0.3, -0.25) is 9.58 Å². The van der Waals surface area contributed by atoms with Crippen LogP contribution < -0.4 is 4.90 Å². The number of nitrogens with zero attached hydrogens (tertiary/aromatic N) is 6. The van der Waals surface area contributed by atoms with Crippen LogP contribution in [0.3, 0.4) is 0 Å². The molecule has 4 rings (SSSR count). The SMILES string of the molecule is CCOC(=O)c1cnc2c(c(C)nn2C)c1N1CCN(Cc2nc(C)c(C)o2)CC1. The van der Waals surface area contributed by atoms with Gasteiger partial charge in [0.25, 0.3) is 0 Å². The molecule has 0 spiro atoms. The van der Waals surface area contributed by atoms with Gasteiger partial charge in [-0.25, -0.2) is 14.8 Å². The highest BCUT2D eigenvalue weighted by Crippen LogP contribution is 2.33. The third-order valence-corrected chi connectivity index (χ3v) is 5.62. The van der Waals surface area contributed by atoms with E-state index in [1.54, 1.807) is 10.9 Å². The van der Waals surface area contributed by atoms with E-state index >= 15 is 0 Å². The Hall–Kier alpha value is -2.94. The van der Waals surface area contributed by atoms with E-state index in [9.17, 15) is 4.79 Å². The van der Waals surface area contributed by atoms with Gasteiger partial charge in [-0.1, -0.05) is 0 Å². The number of aryl methyl sites for hydroxylation is 4. The number of carbonyl (C=O) groups is 1. The second-order valence-electron chi connectivity index (χ2n) is 7.66. The van der Waals surface area contributed by atoms with Gasteiger partial charge in [-0.15, -0.1) is 0 Å². The van der Waals surface area contributed by atoms with Crippen molar-refractivity contribution in [2.24, 2.45) is 7.05 Å². The van der Waals surface area contributed by atoms with E-state index in [1.165, 1.54) is 0 Å². The van der Waals surface area contributed by atoms with E-state index in [2.05, 4.69) is 24.9 Å². The van der Waals surface area contributed by atoms with Crippen LogP contribution in [0.5, 0.6) is 0 Å². The summed E-state index contributed by atoms with van der Waals surface area (Å²) in [5.74, 6) is 1.27. The highest BCUT2D eigenvalue weighted by atomic mass is 16.5. The minimum absolute atomic E-state index is 0.324. The fourth-order valence-electron chi connectivity index (χ4n) is 4.01. The molecule has 1 saturated heterocycles. The molecule has 4 heterocycles. The molecule has 30 heavy (non-hydrogen) atoms. The number of oxazole rings is 1. The third kappa shape index (κ3) is 3.65. The average Bonchev–Trinajstić information content (AvgIpc) is 3.19. The van der Waals surface area contributed by atoms with E-state index in [0.29, 0.717) is 18.7 Å². The van der Waals surface area contributed by atoms with Crippen LogP contribution in [0.25, 0.3) is 11.0 Å². The van der Waals surface area contributed by atoms with E-state index in [4.69, 9.17) is 9.15 Å². The molecular formula is C21H28N6O3. The summed E-state index contributed by atoms with van der Waals surface area (Å²) in [5, 5.41) is 5.43. The first-order chi connectivity index (χ1) is 14.4. The summed E-state index contributed by atoms with van der Waals surface area (Å²) in [7, 11) is 1.87. The lowest BCUT2D eigenvalue weighted by molar-refractivity contribution is 0.0526. The minimum atomic E-state index is -0.349. The maximum atomic E-state index is 12.7. The van der Waals surface area contributed by atoms with Gasteiger partial charge in [0.05, 0.1) is 35.6 Å². The van der Waals surface area contributed by atoms with Gasteiger partial charge in [-0.2, -0.15) is 5.10 Å². The normalized spacial score (nSPS) is 15.2. The third-order valence-electron chi connectivity index (χ3n) is 5.62. The lowest BCUT2D eigenvalue weighted by Crippen LogP contribution is -2.46. The zero-order valence-corrected chi connectivity index (χ0v) is 18.2. The molecular weight excluding hydrogens is 384 g/mol. The predicted molar refractivity (Wildman–Crippen MR) is 113 cm³/mol. The molecule has 0 saturated carbocycles. The Morgan fingerprint density at radius 3 is 2.53 bits per heavy atom. The number of anilines is 1. The second-order valence-corrected chi connectivity index (χ2v) is 7.66. The van der Waals surface area contributed by atoms with Crippen LogP contribution in [0.4, 0.5) is 5.69 Å². The summed E-state index contributed by atoms with van der Waals surface area (Å²) < 4.78 is 12.8. The van der Waals surface area contributed by atoms with E-state index < -0.39 is 0 Å². The summed E-state index contributed by atoms with van der Waals surface area (Å²) in [5.41, 5.74) is 3.92. The number of piperazine rings is 1. The number of fused-ring (bicyclic) bond motifs is 1. The van der Waals surface area contributed by atoms with Crippen LogP contribution in [0, 0.1) is 20.8 Å². The monoisotopic (exact) mass is 412 g/mol. The molecule has 1 aliphatic heterocycles. The zero-order chi connectivity index (χ0) is 21.4. The largest absolute Gasteiger partial charge is 0.462 e. The quantitative estimate of drug-likeness (QED) is 0.590. The van der Waals surface area contributed by atoms with Crippen molar-refractivity contribution in [2.45, 2.75) is 34.2 Å². The fraction of sp³-hybridized carbons (Fsp3) is 0.524. The standard InChI is InChI=1S/C21H28N6O3/c1-6-29-21(28)16-11-22-20-18(14(3)24-25(20)5)19(16)27-9-7-26(8-10-27)12-17-23-13(2)15(4)30-17/h11H,6-10,12H2,1-5H3. The summed E-state index contributed by atoms with van der Waals surface area (Å²) >= 11 is 0. The van der Waals surface area contributed by atoms with Gasteiger partial charge < -0.3 is 14.1 Å². The first-order valence-electron chi connectivity index (χ1n) is 10.3. The predicted octanol–water partition coefficient (Wildman–Crippen LogP) is 2.38. The van der Waals surface area contributed by atoms with Crippen LogP contribution >= 0.6 is 0 Å². The second kappa shape index (κ2) is 8.06. The van der Waals surface area contributed by atoms with Crippen LogP contribution in [-0.2, 0) is 18.3 Å². The molecule has 0 unspecified atom stereocenters.